The molecule has 1 aliphatic carbocycles. The average Bonchev–Trinajstić information content (AvgIpc) is 3.16. The number of alkyl carbamates (subject to hydrolysis) is 1. The number of hydrogen-bond acceptors (Lipinski definition) is 6. The van der Waals surface area contributed by atoms with Crippen LogP contribution in [0.1, 0.15) is 43.2 Å². The normalized spacial score (nSPS) is 13.9. The molecule has 2 aromatic rings. The summed E-state index contributed by atoms with van der Waals surface area (Å²) in [7, 11) is 1.34. The number of carboxylic acids is 1. The van der Waals surface area contributed by atoms with Gasteiger partial charge < -0.3 is 19.9 Å². The van der Waals surface area contributed by atoms with Crippen molar-refractivity contribution in [2.75, 3.05) is 20.3 Å². The molecule has 0 spiro atoms. The van der Waals surface area contributed by atoms with Gasteiger partial charge in [0.1, 0.15) is 6.61 Å². The van der Waals surface area contributed by atoms with E-state index in [1.165, 1.54) is 7.11 Å². The van der Waals surface area contributed by atoms with Crippen LogP contribution in [-0.4, -0.2) is 55.5 Å². The topological polar surface area (TPSA) is 123 Å². The number of nitrogens with one attached hydrogen (secondary N) is 2. The van der Waals surface area contributed by atoms with Gasteiger partial charge in [-0.2, -0.15) is 0 Å². The van der Waals surface area contributed by atoms with E-state index >= 15 is 0 Å². The van der Waals surface area contributed by atoms with E-state index in [1.54, 1.807) is 0 Å². The third kappa shape index (κ3) is 6.33. The molecule has 0 aromatic heterocycles. The van der Waals surface area contributed by atoms with Crippen LogP contribution in [0.2, 0.25) is 0 Å². The van der Waals surface area contributed by atoms with Crippen LogP contribution in [0.15, 0.2) is 48.5 Å². The summed E-state index contributed by atoms with van der Waals surface area (Å²) in [5.74, 6) is -1.77. The predicted molar refractivity (Wildman–Crippen MR) is 124 cm³/mol. The Morgan fingerprint density at radius 2 is 1.65 bits per heavy atom. The molecule has 0 aliphatic heterocycles. The summed E-state index contributed by atoms with van der Waals surface area (Å²) in [5.41, 5.74) is 6.69. The van der Waals surface area contributed by atoms with Crippen molar-refractivity contribution in [1.29, 1.82) is 0 Å². The van der Waals surface area contributed by atoms with Crippen LogP contribution in [-0.2, 0) is 23.9 Å². The van der Waals surface area contributed by atoms with E-state index in [9.17, 15) is 14.4 Å². The molecule has 9 heteroatoms. The summed E-state index contributed by atoms with van der Waals surface area (Å²) in [5, 5.41) is 11.8. The highest BCUT2D eigenvalue weighted by atomic mass is 16.7. The number of rotatable bonds is 12. The number of carbonyl (C=O) groups is 3. The molecule has 0 bridgehead atoms. The lowest BCUT2D eigenvalue weighted by Gasteiger charge is -2.19. The van der Waals surface area contributed by atoms with Gasteiger partial charge in [0.2, 0.25) is 12.0 Å². The first-order valence-corrected chi connectivity index (χ1v) is 11.2. The zero-order valence-electron chi connectivity index (χ0n) is 19.3. The second kappa shape index (κ2) is 12.2. The minimum atomic E-state index is -1.30. The van der Waals surface area contributed by atoms with Crippen LogP contribution < -0.4 is 10.8 Å². The van der Waals surface area contributed by atoms with E-state index in [2.05, 4.69) is 35.1 Å². The summed E-state index contributed by atoms with van der Waals surface area (Å²) in [6.07, 6.45) is -0.856. The summed E-state index contributed by atoms with van der Waals surface area (Å²) >= 11 is 0. The highest BCUT2D eigenvalue weighted by molar-refractivity contribution is 5.79. The number of ether oxygens (including phenoxy) is 2. The van der Waals surface area contributed by atoms with Gasteiger partial charge in [0, 0.05) is 25.5 Å². The molecular formula is C25H30N2O7. The fourth-order valence-corrected chi connectivity index (χ4v) is 3.99. The largest absolute Gasteiger partial charge is 0.479 e. The fourth-order valence-electron chi connectivity index (χ4n) is 3.99. The minimum absolute atomic E-state index is 0.0320. The van der Waals surface area contributed by atoms with Crippen molar-refractivity contribution in [1.82, 2.24) is 10.8 Å². The third-order valence-electron chi connectivity index (χ3n) is 5.79. The molecule has 2 aromatic carbocycles. The second-order valence-electron chi connectivity index (χ2n) is 8.04. The summed E-state index contributed by atoms with van der Waals surface area (Å²) in [6.45, 7) is 1.90. The second-order valence-corrected chi connectivity index (χ2v) is 8.04. The smallest absolute Gasteiger partial charge is 0.407 e. The first-order chi connectivity index (χ1) is 16.4. The number of methoxy groups -OCH3 is 1. The number of benzene rings is 2. The molecule has 9 nitrogen and oxygen atoms in total. The molecule has 182 valence electrons. The van der Waals surface area contributed by atoms with Crippen molar-refractivity contribution in [3.8, 4) is 11.1 Å². The van der Waals surface area contributed by atoms with Gasteiger partial charge in [-0.05, 0) is 35.1 Å². The van der Waals surface area contributed by atoms with Crippen LogP contribution in [0.3, 0.4) is 0 Å². The molecule has 0 saturated carbocycles. The first kappa shape index (κ1) is 25.2. The van der Waals surface area contributed by atoms with E-state index in [1.807, 2.05) is 31.2 Å². The van der Waals surface area contributed by atoms with Gasteiger partial charge in [-0.3, -0.25) is 9.63 Å². The number of fused-ring (bicyclic) bond motifs is 3. The quantitative estimate of drug-likeness (QED) is 0.407. The number of hydroxylamine groups is 1. The number of hydrogen-bond donors (Lipinski definition) is 3. The van der Waals surface area contributed by atoms with Crippen LogP contribution in [0.5, 0.6) is 0 Å². The summed E-state index contributed by atoms with van der Waals surface area (Å²) in [6, 6.07) is 15.9. The summed E-state index contributed by atoms with van der Waals surface area (Å²) < 4.78 is 10.3. The molecule has 0 fully saturated rings. The van der Waals surface area contributed by atoms with Crippen molar-refractivity contribution in [2.45, 2.75) is 44.2 Å². The van der Waals surface area contributed by atoms with E-state index in [0.717, 1.165) is 22.3 Å². The van der Waals surface area contributed by atoms with Gasteiger partial charge in [-0.25, -0.2) is 15.1 Å². The van der Waals surface area contributed by atoms with Gasteiger partial charge in [-0.15, -0.1) is 0 Å². The molecule has 34 heavy (non-hydrogen) atoms. The van der Waals surface area contributed by atoms with E-state index in [4.69, 9.17) is 19.4 Å². The van der Waals surface area contributed by atoms with E-state index in [-0.39, 0.29) is 31.6 Å². The standard InChI is InChI=1S/C25H30N2O7/c1-3-16(12-13-23(28)27-34-22(15-32-2)24(29)30)26-25(31)33-14-21-19-10-6-4-8-17(19)18-9-5-7-11-20(18)21/h4-11,16,21-22H,3,12-15H2,1-2H3,(H,26,31)(H,27,28)(H,29,30). The lowest BCUT2D eigenvalue weighted by molar-refractivity contribution is -0.165. The molecule has 3 N–H and O–H groups in total. The Labute approximate surface area is 198 Å². The Morgan fingerprint density at radius 3 is 2.21 bits per heavy atom. The Bertz CT molecular complexity index is 965. The number of aliphatic carboxylic acids is 1. The van der Waals surface area contributed by atoms with E-state index < -0.39 is 24.1 Å². The number of carbonyl (C=O) groups excluding carboxylic acids is 2. The van der Waals surface area contributed by atoms with Crippen molar-refractivity contribution in [2.24, 2.45) is 0 Å². The van der Waals surface area contributed by atoms with Gasteiger partial charge >= 0.3 is 12.1 Å². The highest BCUT2D eigenvalue weighted by Crippen LogP contribution is 2.44. The van der Waals surface area contributed by atoms with Gasteiger partial charge in [0.15, 0.2) is 0 Å². The SMILES string of the molecule is CCC(CCC(=O)NOC(COC)C(=O)O)NC(=O)OCC1c2ccccc2-c2ccccc21. The van der Waals surface area contributed by atoms with Crippen molar-refractivity contribution >= 4 is 18.0 Å². The molecule has 1 aliphatic rings. The molecule has 2 unspecified atom stereocenters. The van der Waals surface area contributed by atoms with Crippen LogP contribution in [0.25, 0.3) is 11.1 Å². The van der Waals surface area contributed by atoms with Crippen molar-refractivity contribution in [3.05, 3.63) is 59.7 Å². The third-order valence-corrected chi connectivity index (χ3v) is 5.79. The average molecular weight is 471 g/mol. The molecule has 0 saturated heterocycles. The van der Waals surface area contributed by atoms with Gasteiger partial charge in [0.25, 0.3) is 0 Å². The van der Waals surface area contributed by atoms with Crippen molar-refractivity contribution < 1.29 is 33.8 Å². The summed E-state index contributed by atoms with van der Waals surface area (Å²) in [4.78, 5) is 40.3. The Morgan fingerprint density at radius 1 is 1.03 bits per heavy atom. The number of amides is 2. The van der Waals surface area contributed by atoms with Crippen LogP contribution in [0, 0.1) is 0 Å². The Balaban J connectivity index is 1.47. The van der Waals surface area contributed by atoms with E-state index in [0.29, 0.717) is 12.8 Å². The fraction of sp³-hybridized carbons (Fsp3) is 0.400. The molecular weight excluding hydrogens is 440 g/mol. The van der Waals surface area contributed by atoms with Crippen LogP contribution in [0.4, 0.5) is 4.79 Å². The zero-order chi connectivity index (χ0) is 24.5. The number of carboxylic acid groups (broad SMARTS) is 1. The lowest BCUT2D eigenvalue weighted by atomic mass is 9.98. The molecule has 2 atom stereocenters. The highest BCUT2D eigenvalue weighted by Gasteiger charge is 2.29. The minimum Gasteiger partial charge on any atom is -0.479 e. The van der Waals surface area contributed by atoms with Gasteiger partial charge in [0.05, 0.1) is 6.61 Å². The van der Waals surface area contributed by atoms with Crippen molar-refractivity contribution in [3.63, 3.8) is 0 Å². The molecule has 3 rings (SSSR count). The predicted octanol–water partition coefficient (Wildman–Crippen LogP) is 3.23. The monoisotopic (exact) mass is 470 g/mol. The maximum Gasteiger partial charge on any atom is 0.407 e. The first-order valence-electron chi connectivity index (χ1n) is 11.2. The zero-order valence-corrected chi connectivity index (χ0v) is 19.3. The Kier molecular flexibility index (Phi) is 9.00. The maximum atomic E-state index is 12.5. The Hall–Kier alpha value is -3.43. The molecule has 2 amide bonds. The molecule has 0 radical (unpaired) electrons. The van der Waals surface area contributed by atoms with Crippen LogP contribution >= 0.6 is 0 Å². The lowest BCUT2D eigenvalue weighted by Crippen LogP contribution is -2.39. The van der Waals surface area contributed by atoms with Gasteiger partial charge in [-0.1, -0.05) is 55.5 Å². The maximum absolute atomic E-state index is 12.5. The molecule has 0 heterocycles.